The van der Waals surface area contributed by atoms with Crippen LogP contribution < -0.4 is 0 Å². The molecule has 96 valence electrons. The summed E-state index contributed by atoms with van der Waals surface area (Å²) in [5, 5.41) is 9.32. The summed E-state index contributed by atoms with van der Waals surface area (Å²) in [6.45, 7) is 4.33. The molecule has 1 aromatic rings. The van der Waals surface area contributed by atoms with E-state index in [1.54, 1.807) is 7.11 Å². The second kappa shape index (κ2) is 5.06. The molecule has 1 aliphatic rings. The van der Waals surface area contributed by atoms with Gasteiger partial charge in [0.1, 0.15) is 11.6 Å². The van der Waals surface area contributed by atoms with Gasteiger partial charge in [-0.15, -0.1) is 10.2 Å². The minimum absolute atomic E-state index is 0.0171. The predicted octanol–water partition coefficient (Wildman–Crippen LogP) is 2.87. The topological polar surface area (TPSA) is 39.9 Å². The van der Waals surface area contributed by atoms with Crippen molar-refractivity contribution in [3.8, 4) is 0 Å². The van der Waals surface area contributed by atoms with Crippen LogP contribution in [0.1, 0.15) is 50.8 Å². The van der Waals surface area contributed by atoms with E-state index >= 15 is 0 Å². The largest absolute Gasteiger partial charge is 0.378 e. The Labute approximate surface area is 111 Å². The molecule has 0 radical (unpaired) electrons. The highest BCUT2D eigenvalue weighted by atomic mass is 79.9. The Kier molecular flexibility index (Phi) is 3.88. The lowest BCUT2D eigenvalue weighted by molar-refractivity contribution is -0.0727. The Hall–Kier alpha value is -0.420. The fourth-order valence-electron chi connectivity index (χ4n) is 2.48. The number of alkyl halides is 1. The van der Waals surface area contributed by atoms with Gasteiger partial charge in [0.15, 0.2) is 0 Å². The second-order valence-electron chi connectivity index (χ2n) is 5.05. The Balaban J connectivity index is 2.23. The summed E-state index contributed by atoms with van der Waals surface area (Å²) in [5.74, 6) is 2.05. The molecule has 1 saturated carbocycles. The Morgan fingerprint density at radius 2 is 2.00 bits per heavy atom. The summed E-state index contributed by atoms with van der Waals surface area (Å²) < 4.78 is 7.88. The lowest BCUT2D eigenvalue weighted by atomic mass is 9.77. The van der Waals surface area contributed by atoms with Gasteiger partial charge in [-0.2, -0.15) is 0 Å². The fraction of sp³-hybridized carbons (Fsp3) is 0.833. The summed E-state index contributed by atoms with van der Waals surface area (Å²) in [5.41, 5.74) is 0.0171. The number of methoxy groups -OCH3 is 1. The van der Waals surface area contributed by atoms with Gasteiger partial charge in [0, 0.05) is 19.6 Å². The van der Waals surface area contributed by atoms with E-state index in [1.807, 2.05) is 0 Å². The Bertz CT molecular complexity index is 380. The van der Waals surface area contributed by atoms with E-state index in [9.17, 15) is 0 Å². The Morgan fingerprint density at radius 3 is 2.41 bits per heavy atom. The maximum absolute atomic E-state index is 5.66. The molecule has 2 rings (SSSR count). The van der Waals surface area contributed by atoms with Crippen LogP contribution in [-0.2, 0) is 16.5 Å². The first-order valence-corrected chi connectivity index (χ1v) is 7.28. The molecule has 4 nitrogen and oxygen atoms in total. The maximum atomic E-state index is 5.66. The lowest BCUT2D eigenvalue weighted by Crippen LogP contribution is -2.42. The highest BCUT2D eigenvalue weighted by molar-refractivity contribution is 9.08. The molecule has 17 heavy (non-hydrogen) atoms. The second-order valence-corrected chi connectivity index (χ2v) is 5.61. The SMILES string of the molecule is COC1(Cc2nnc(CBr)n2C(C)C)CCC1. The molecule has 0 aliphatic heterocycles. The van der Waals surface area contributed by atoms with Gasteiger partial charge in [-0.3, -0.25) is 0 Å². The minimum atomic E-state index is 0.0171. The third-order valence-electron chi connectivity index (χ3n) is 3.65. The number of halogens is 1. The van der Waals surface area contributed by atoms with Crippen molar-refractivity contribution in [2.24, 2.45) is 0 Å². The van der Waals surface area contributed by atoms with E-state index in [-0.39, 0.29) is 5.60 Å². The van der Waals surface area contributed by atoms with Crippen LogP contribution in [0.3, 0.4) is 0 Å². The van der Waals surface area contributed by atoms with Crippen LogP contribution in [0.15, 0.2) is 0 Å². The van der Waals surface area contributed by atoms with Crippen molar-refractivity contribution in [3.05, 3.63) is 11.6 Å². The molecule has 0 spiro atoms. The Morgan fingerprint density at radius 1 is 1.35 bits per heavy atom. The van der Waals surface area contributed by atoms with Gasteiger partial charge in [-0.25, -0.2) is 0 Å². The number of ether oxygens (including phenoxy) is 1. The first-order valence-electron chi connectivity index (χ1n) is 6.15. The summed E-state index contributed by atoms with van der Waals surface area (Å²) in [4.78, 5) is 0. The number of hydrogen-bond donors (Lipinski definition) is 0. The van der Waals surface area contributed by atoms with Crippen molar-refractivity contribution in [2.75, 3.05) is 7.11 Å². The third-order valence-corrected chi connectivity index (χ3v) is 4.15. The van der Waals surface area contributed by atoms with E-state index in [0.29, 0.717) is 6.04 Å². The van der Waals surface area contributed by atoms with Gasteiger partial charge in [0.2, 0.25) is 0 Å². The average Bonchev–Trinajstić information content (AvgIpc) is 2.66. The van der Waals surface area contributed by atoms with Crippen LogP contribution >= 0.6 is 15.9 Å². The minimum Gasteiger partial charge on any atom is -0.378 e. The van der Waals surface area contributed by atoms with Crippen LogP contribution in [0.2, 0.25) is 0 Å². The number of rotatable bonds is 5. The van der Waals surface area contributed by atoms with Gasteiger partial charge in [0.05, 0.1) is 10.9 Å². The molecule has 1 heterocycles. The normalized spacial score (nSPS) is 18.4. The monoisotopic (exact) mass is 301 g/mol. The molecule has 1 fully saturated rings. The summed E-state index contributed by atoms with van der Waals surface area (Å²) >= 11 is 3.46. The van der Waals surface area contributed by atoms with Crippen molar-refractivity contribution in [1.29, 1.82) is 0 Å². The molecule has 0 aromatic carbocycles. The van der Waals surface area contributed by atoms with Gasteiger partial charge in [0.25, 0.3) is 0 Å². The average molecular weight is 302 g/mol. The molecule has 0 atom stereocenters. The third kappa shape index (κ3) is 2.40. The smallest absolute Gasteiger partial charge is 0.143 e. The van der Waals surface area contributed by atoms with Crippen LogP contribution in [0.5, 0.6) is 0 Å². The highest BCUT2D eigenvalue weighted by Gasteiger charge is 2.38. The van der Waals surface area contributed by atoms with E-state index in [2.05, 4.69) is 44.5 Å². The summed E-state index contributed by atoms with van der Waals surface area (Å²) in [6.07, 6.45) is 4.41. The van der Waals surface area contributed by atoms with Crippen molar-refractivity contribution in [3.63, 3.8) is 0 Å². The number of aromatic nitrogens is 3. The zero-order chi connectivity index (χ0) is 12.5. The number of hydrogen-bond acceptors (Lipinski definition) is 3. The van der Waals surface area contributed by atoms with Gasteiger partial charge < -0.3 is 9.30 Å². The highest BCUT2D eigenvalue weighted by Crippen LogP contribution is 2.38. The van der Waals surface area contributed by atoms with Gasteiger partial charge >= 0.3 is 0 Å². The molecular weight excluding hydrogens is 282 g/mol. The zero-order valence-corrected chi connectivity index (χ0v) is 12.3. The van der Waals surface area contributed by atoms with E-state index < -0.39 is 0 Å². The first-order chi connectivity index (χ1) is 8.12. The lowest BCUT2D eigenvalue weighted by Gasteiger charge is -2.40. The predicted molar refractivity (Wildman–Crippen MR) is 70.3 cm³/mol. The van der Waals surface area contributed by atoms with Crippen LogP contribution in [0.4, 0.5) is 0 Å². The maximum Gasteiger partial charge on any atom is 0.143 e. The van der Waals surface area contributed by atoms with Crippen LogP contribution in [0.25, 0.3) is 0 Å². The molecule has 0 N–H and O–H groups in total. The molecular formula is C12H20BrN3O. The molecule has 1 aliphatic carbocycles. The van der Waals surface area contributed by atoms with Crippen molar-refractivity contribution >= 4 is 15.9 Å². The summed E-state index contributed by atoms with van der Waals surface area (Å²) in [6, 6.07) is 0.390. The fourth-order valence-corrected chi connectivity index (χ4v) is 2.86. The number of nitrogens with zero attached hydrogens (tertiary/aromatic N) is 3. The molecule has 0 bridgehead atoms. The van der Waals surface area contributed by atoms with E-state index in [0.717, 1.165) is 36.2 Å². The zero-order valence-electron chi connectivity index (χ0n) is 10.7. The van der Waals surface area contributed by atoms with Crippen molar-refractivity contribution < 1.29 is 4.74 Å². The van der Waals surface area contributed by atoms with Crippen LogP contribution in [0, 0.1) is 0 Å². The van der Waals surface area contributed by atoms with E-state index in [1.165, 1.54) is 6.42 Å². The molecule has 1 aromatic heterocycles. The molecule has 0 saturated heterocycles. The quantitative estimate of drug-likeness (QED) is 0.785. The first kappa shape index (κ1) is 13.0. The van der Waals surface area contributed by atoms with Gasteiger partial charge in [-0.1, -0.05) is 15.9 Å². The molecule has 0 amide bonds. The van der Waals surface area contributed by atoms with Crippen molar-refractivity contribution in [2.45, 2.75) is 56.5 Å². The van der Waals surface area contributed by atoms with E-state index in [4.69, 9.17) is 4.74 Å². The summed E-state index contributed by atoms with van der Waals surface area (Å²) in [7, 11) is 1.81. The molecule has 5 heteroatoms. The van der Waals surface area contributed by atoms with Crippen LogP contribution in [-0.4, -0.2) is 27.5 Å². The standard InChI is InChI=1S/C12H20BrN3O/c1-9(2)16-10(14-15-11(16)8-13)7-12(17-3)5-4-6-12/h9H,4-8H2,1-3H3. The molecule has 0 unspecified atom stereocenters. The van der Waals surface area contributed by atoms with Crippen molar-refractivity contribution in [1.82, 2.24) is 14.8 Å². The van der Waals surface area contributed by atoms with Gasteiger partial charge in [-0.05, 0) is 33.1 Å².